The largest absolute Gasteiger partial charge is 0.481 e. The number of hydrogen-bond acceptors (Lipinski definition) is 3. The van der Waals surface area contributed by atoms with Crippen LogP contribution in [0.5, 0.6) is 0 Å². The second-order valence-corrected chi connectivity index (χ2v) is 9.13. The molecule has 4 nitrogen and oxygen atoms in total. The number of ketones is 1. The molecule has 0 saturated heterocycles. The smallest absolute Gasteiger partial charge is 0.307 e. The highest BCUT2D eigenvalue weighted by Gasteiger charge is 2.63. The fourth-order valence-electron chi connectivity index (χ4n) is 7.09. The molecular weight excluding hydrogens is 304 g/mol. The van der Waals surface area contributed by atoms with Gasteiger partial charge in [0.15, 0.2) is 5.78 Å². The van der Waals surface area contributed by atoms with E-state index < -0.39 is 12.1 Å². The highest BCUT2D eigenvalue weighted by Crippen LogP contribution is 2.66. The van der Waals surface area contributed by atoms with E-state index in [-0.39, 0.29) is 28.4 Å². The molecule has 0 aliphatic heterocycles. The van der Waals surface area contributed by atoms with Crippen LogP contribution in [0.1, 0.15) is 58.8 Å². The van der Waals surface area contributed by atoms with Crippen LogP contribution >= 0.6 is 0 Å². The van der Waals surface area contributed by atoms with Gasteiger partial charge in [-0.3, -0.25) is 9.59 Å². The predicted octanol–water partition coefficient (Wildman–Crippen LogP) is 3.19. The second kappa shape index (κ2) is 5.17. The Morgan fingerprint density at radius 1 is 1.21 bits per heavy atom. The van der Waals surface area contributed by atoms with Crippen molar-refractivity contribution >= 4 is 11.8 Å². The number of hydrogen-bond donors (Lipinski definition) is 2. The minimum Gasteiger partial charge on any atom is -0.481 e. The van der Waals surface area contributed by atoms with Crippen LogP contribution in [0.15, 0.2) is 11.6 Å². The Morgan fingerprint density at radius 3 is 2.67 bits per heavy atom. The zero-order valence-electron chi connectivity index (χ0n) is 14.6. The van der Waals surface area contributed by atoms with Crippen molar-refractivity contribution in [3.63, 3.8) is 0 Å². The molecule has 3 fully saturated rings. The molecule has 24 heavy (non-hydrogen) atoms. The molecule has 4 heteroatoms. The summed E-state index contributed by atoms with van der Waals surface area (Å²) in [5, 5.41) is 20.7. The van der Waals surface area contributed by atoms with E-state index in [1.165, 1.54) is 5.57 Å². The molecule has 2 N–H and O–H groups in total. The van der Waals surface area contributed by atoms with Gasteiger partial charge in [0.05, 0.1) is 12.0 Å². The van der Waals surface area contributed by atoms with E-state index in [0.717, 1.165) is 32.1 Å². The summed E-state index contributed by atoms with van der Waals surface area (Å²) in [6.45, 7) is 4.33. The first-order chi connectivity index (χ1) is 11.3. The molecule has 4 rings (SSSR count). The topological polar surface area (TPSA) is 74.6 Å². The fourth-order valence-corrected chi connectivity index (χ4v) is 7.09. The summed E-state index contributed by atoms with van der Waals surface area (Å²) in [4.78, 5) is 23.6. The van der Waals surface area contributed by atoms with E-state index in [2.05, 4.69) is 13.8 Å². The van der Waals surface area contributed by atoms with E-state index >= 15 is 0 Å². The third-order valence-electron chi connectivity index (χ3n) is 8.19. The first-order valence-corrected chi connectivity index (χ1v) is 9.42. The lowest BCUT2D eigenvalue weighted by Crippen LogP contribution is -2.57. The molecule has 2 unspecified atom stereocenters. The number of carbonyl (C=O) groups excluding carboxylic acids is 1. The van der Waals surface area contributed by atoms with Crippen molar-refractivity contribution in [1.82, 2.24) is 0 Å². The quantitative estimate of drug-likeness (QED) is 0.773. The van der Waals surface area contributed by atoms with Gasteiger partial charge in [0.2, 0.25) is 0 Å². The number of carboxylic acids is 1. The summed E-state index contributed by atoms with van der Waals surface area (Å²) in [5.74, 6) is 0.160. The third kappa shape index (κ3) is 2.01. The highest BCUT2D eigenvalue weighted by atomic mass is 16.4. The zero-order valence-corrected chi connectivity index (χ0v) is 14.6. The Morgan fingerprint density at radius 2 is 1.96 bits per heavy atom. The number of aliphatic carboxylic acids is 1. The van der Waals surface area contributed by atoms with Crippen LogP contribution in [0.3, 0.4) is 0 Å². The van der Waals surface area contributed by atoms with E-state index in [1.54, 1.807) is 0 Å². The van der Waals surface area contributed by atoms with Gasteiger partial charge in [-0.2, -0.15) is 0 Å². The van der Waals surface area contributed by atoms with Crippen LogP contribution in [-0.2, 0) is 9.59 Å². The minimum atomic E-state index is -0.698. The molecule has 3 saturated carbocycles. The number of fused-ring (bicyclic) bond motifs is 5. The molecule has 0 spiro atoms. The van der Waals surface area contributed by atoms with Gasteiger partial charge in [-0.15, -0.1) is 0 Å². The van der Waals surface area contributed by atoms with Gasteiger partial charge in [0, 0.05) is 6.42 Å². The molecule has 0 amide bonds. The van der Waals surface area contributed by atoms with Crippen molar-refractivity contribution in [3.8, 4) is 0 Å². The van der Waals surface area contributed by atoms with Crippen LogP contribution in [-0.4, -0.2) is 28.1 Å². The second-order valence-electron chi connectivity index (χ2n) is 9.13. The number of carbonyl (C=O) groups is 2. The Kier molecular flexibility index (Phi) is 3.51. The number of aliphatic hydroxyl groups excluding tert-OH is 1. The molecular formula is C20H28O4. The summed E-state index contributed by atoms with van der Waals surface area (Å²) >= 11 is 0. The molecule has 0 bridgehead atoms. The van der Waals surface area contributed by atoms with Gasteiger partial charge >= 0.3 is 5.97 Å². The number of aliphatic hydroxyl groups is 1. The fraction of sp³-hybridized carbons (Fsp3) is 0.800. The van der Waals surface area contributed by atoms with Crippen molar-refractivity contribution in [2.45, 2.75) is 64.9 Å². The third-order valence-corrected chi connectivity index (χ3v) is 8.19. The maximum absolute atomic E-state index is 11.8. The molecule has 0 radical (unpaired) electrons. The van der Waals surface area contributed by atoms with Gasteiger partial charge in [-0.05, 0) is 73.2 Å². The highest BCUT2D eigenvalue weighted by molar-refractivity contribution is 5.91. The Bertz CT molecular complexity index is 623. The maximum atomic E-state index is 11.8. The molecule has 0 aromatic carbocycles. The van der Waals surface area contributed by atoms with E-state index in [9.17, 15) is 19.8 Å². The van der Waals surface area contributed by atoms with E-state index in [4.69, 9.17) is 0 Å². The van der Waals surface area contributed by atoms with Gasteiger partial charge in [0.25, 0.3) is 0 Å². The van der Waals surface area contributed by atoms with Gasteiger partial charge < -0.3 is 10.2 Å². The molecule has 4 aliphatic rings. The van der Waals surface area contributed by atoms with E-state index in [0.29, 0.717) is 24.7 Å². The van der Waals surface area contributed by atoms with Gasteiger partial charge in [0.1, 0.15) is 0 Å². The Hall–Kier alpha value is -1.16. The minimum absolute atomic E-state index is 0.0844. The number of allylic oxidation sites excluding steroid dienone is 1. The first-order valence-electron chi connectivity index (χ1n) is 9.42. The normalized spacial score (nSPS) is 50.5. The maximum Gasteiger partial charge on any atom is 0.307 e. The summed E-state index contributed by atoms with van der Waals surface area (Å²) in [7, 11) is 0. The molecule has 7 atom stereocenters. The van der Waals surface area contributed by atoms with Crippen LogP contribution in [0, 0.1) is 34.5 Å². The van der Waals surface area contributed by atoms with Crippen LogP contribution < -0.4 is 0 Å². The zero-order chi connectivity index (χ0) is 17.3. The van der Waals surface area contributed by atoms with Crippen LogP contribution in [0.4, 0.5) is 0 Å². The SMILES string of the molecule is C[C@]12CCC(=O)C=C1CC[C@@H]1[C@H]2C(O)C[C@]2(C)C(C(=O)O)CC[C@@H]12. The average Bonchev–Trinajstić information content (AvgIpc) is 2.84. The molecule has 132 valence electrons. The first kappa shape index (κ1) is 16.3. The Labute approximate surface area is 143 Å². The standard InChI is InChI=1S/C20H28O4/c1-19-8-7-12(21)9-11(19)3-4-13-14-5-6-15(18(23)24)20(14,2)10-16(22)17(13)19/h9,13-17,22H,3-8,10H2,1-2H3,(H,23,24)/t13-,14-,15?,16?,17-,19-,20-/m0/s1. The number of rotatable bonds is 1. The predicted molar refractivity (Wildman–Crippen MR) is 89.2 cm³/mol. The lowest BCUT2D eigenvalue weighted by atomic mass is 9.46. The average molecular weight is 332 g/mol. The van der Waals surface area contributed by atoms with E-state index in [1.807, 2.05) is 6.08 Å². The van der Waals surface area contributed by atoms with Crippen LogP contribution in [0.25, 0.3) is 0 Å². The lowest BCUT2D eigenvalue weighted by Gasteiger charge is -2.59. The summed E-state index contributed by atoms with van der Waals surface area (Å²) < 4.78 is 0. The summed E-state index contributed by atoms with van der Waals surface area (Å²) in [6, 6.07) is 0. The monoisotopic (exact) mass is 332 g/mol. The van der Waals surface area contributed by atoms with Crippen molar-refractivity contribution in [2.24, 2.45) is 34.5 Å². The van der Waals surface area contributed by atoms with Gasteiger partial charge in [-0.1, -0.05) is 19.4 Å². The van der Waals surface area contributed by atoms with Crippen molar-refractivity contribution in [2.75, 3.05) is 0 Å². The van der Waals surface area contributed by atoms with Crippen molar-refractivity contribution < 1.29 is 19.8 Å². The number of carboxylic acid groups (broad SMARTS) is 1. The lowest BCUT2D eigenvalue weighted by molar-refractivity contribution is -0.158. The van der Waals surface area contributed by atoms with Crippen LogP contribution in [0.2, 0.25) is 0 Å². The summed E-state index contributed by atoms with van der Waals surface area (Å²) in [6.07, 6.45) is 7.01. The molecule has 4 aliphatic carbocycles. The molecule has 0 heterocycles. The molecule has 0 aromatic rings. The van der Waals surface area contributed by atoms with Crippen molar-refractivity contribution in [3.05, 3.63) is 11.6 Å². The summed E-state index contributed by atoms with van der Waals surface area (Å²) in [5.41, 5.74) is 0.864. The van der Waals surface area contributed by atoms with Gasteiger partial charge in [-0.25, -0.2) is 0 Å². The molecule has 0 aromatic heterocycles. The van der Waals surface area contributed by atoms with Crippen molar-refractivity contribution in [1.29, 1.82) is 0 Å². The Balaban J connectivity index is 1.72.